The average Bonchev–Trinajstić information content (AvgIpc) is 3.31. The fraction of sp³-hybridized carbons (Fsp3) is 0.350. The molecule has 148 valence electrons. The summed E-state index contributed by atoms with van der Waals surface area (Å²) in [6.07, 6.45) is 1.61. The molecule has 8 heteroatoms. The van der Waals surface area contributed by atoms with Gasteiger partial charge in [-0.25, -0.2) is 0 Å². The van der Waals surface area contributed by atoms with Crippen LogP contribution < -0.4 is 5.32 Å². The molecule has 0 fully saturated rings. The standard InChI is InChI=1S/C20H23ClN4O2S/c1-13(2)12-25-18(17-9-6-10-27-17)23-24-20(25)28-14(3)19(26)22-11-15-7-4-5-8-16(15)21/h4-10,13-14H,11-12H2,1-3H3,(H,22,26). The second kappa shape index (κ2) is 9.30. The largest absolute Gasteiger partial charge is 0.461 e. The maximum Gasteiger partial charge on any atom is 0.233 e. The van der Waals surface area contributed by atoms with E-state index in [1.165, 1.54) is 11.8 Å². The Balaban J connectivity index is 1.70. The molecule has 1 aromatic carbocycles. The van der Waals surface area contributed by atoms with E-state index in [-0.39, 0.29) is 11.2 Å². The van der Waals surface area contributed by atoms with Crippen molar-refractivity contribution in [3.8, 4) is 11.6 Å². The van der Waals surface area contributed by atoms with Crippen molar-refractivity contribution in [1.29, 1.82) is 0 Å². The van der Waals surface area contributed by atoms with Crippen molar-refractivity contribution in [2.24, 2.45) is 5.92 Å². The number of carbonyl (C=O) groups is 1. The van der Waals surface area contributed by atoms with Crippen LogP contribution in [0.4, 0.5) is 0 Å². The Morgan fingerprint density at radius 1 is 1.21 bits per heavy atom. The predicted octanol–water partition coefficient (Wildman–Crippen LogP) is 4.64. The number of thioether (sulfide) groups is 1. The molecule has 1 amide bonds. The molecular formula is C20H23ClN4O2S. The van der Waals surface area contributed by atoms with Crippen LogP contribution in [-0.2, 0) is 17.9 Å². The van der Waals surface area contributed by atoms with E-state index in [1.807, 2.05) is 47.9 Å². The molecule has 0 bridgehead atoms. The summed E-state index contributed by atoms with van der Waals surface area (Å²) in [7, 11) is 0. The molecule has 3 aromatic rings. The van der Waals surface area contributed by atoms with Gasteiger partial charge in [0.2, 0.25) is 5.91 Å². The van der Waals surface area contributed by atoms with E-state index in [0.29, 0.717) is 34.2 Å². The number of rotatable bonds is 8. The fourth-order valence-corrected chi connectivity index (χ4v) is 3.76. The van der Waals surface area contributed by atoms with Crippen molar-refractivity contribution in [3.05, 3.63) is 53.2 Å². The second-order valence-electron chi connectivity index (χ2n) is 6.86. The van der Waals surface area contributed by atoms with E-state index < -0.39 is 0 Å². The summed E-state index contributed by atoms with van der Waals surface area (Å²) in [6, 6.07) is 11.2. The summed E-state index contributed by atoms with van der Waals surface area (Å²) < 4.78 is 7.49. The summed E-state index contributed by atoms with van der Waals surface area (Å²) in [5.74, 6) is 1.65. The SMILES string of the molecule is CC(C)Cn1c(SC(C)C(=O)NCc2ccccc2Cl)nnc1-c1ccco1. The quantitative estimate of drug-likeness (QED) is 0.539. The Morgan fingerprint density at radius 3 is 2.68 bits per heavy atom. The van der Waals surface area contributed by atoms with E-state index in [2.05, 4.69) is 29.4 Å². The summed E-state index contributed by atoms with van der Waals surface area (Å²) >= 11 is 7.53. The number of benzene rings is 1. The van der Waals surface area contributed by atoms with Gasteiger partial charge < -0.3 is 9.73 Å². The van der Waals surface area contributed by atoms with E-state index in [9.17, 15) is 4.79 Å². The van der Waals surface area contributed by atoms with Crippen LogP contribution >= 0.6 is 23.4 Å². The number of hydrogen-bond donors (Lipinski definition) is 1. The molecule has 1 atom stereocenters. The lowest BCUT2D eigenvalue weighted by molar-refractivity contribution is -0.120. The highest BCUT2D eigenvalue weighted by Gasteiger charge is 2.22. The number of carbonyl (C=O) groups excluding carboxylic acids is 1. The van der Waals surface area contributed by atoms with Crippen LogP contribution in [0.1, 0.15) is 26.3 Å². The summed E-state index contributed by atoms with van der Waals surface area (Å²) in [5.41, 5.74) is 0.887. The average molecular weight is 419 g/mol. The zero-order valence-electron chi connectivity index (χ0n) is 16.1. The monoisotopic (exact) mass is 418 g/mol. The third-order valence-corrected chi connectivity index (χ3v) is 5.52. The topological polar surface area (TPSA) is 73.0 Å². The first-order valence-corrected chi connectivity index (χ1v) is 10.4. The molecule has 3 rings (SSSR count). The Morgan fingerprint density at radius 2 is 2.00 bits per heavy atom. The third kappa shape index (κ3) is 4.97. The minimum absolute atomic E-state index is 0.0800. The second-order valence-corrected chi connectivity index (χ2v) is 8.57. The number of halogens is 1. The van der Waals surface area contributed by atoms with E-state index in [1.54, 1.807) is 6.26 Å². The van der Waals surface area contributed by atoms with Gasteiger partial charge in [0, 0.05) is 18.1 Å². The third-order valence-electron chi connectivity index (χ3n) is 4.07. The van der Waals surface area contributed by atoms with E-state index >= 15 is 0 Å². The molecule has 1 N–H and O–H groups in total. The lowest BCUT2D eigenvalue weighted by Gasteiger charge is -2.15. The van der Waals surface area contributed by atoms with E-state index in [4.69, 9.17) is 16.0 Å². The molecule has 0 radical (unpaired) electrons. The number of nitrogens with one attached hydrogen (secondary N) is 1. The molecule has 0 aliphatic rings. The molecule has 28 heavy (non-hydrogen) atoms. The van der Waals surface area contributed by atoms with Crippen molar-refractivity contribution < 1.29 is 9.21 Å². The van der Waals surface area contributed by atoms with Gasteiger partial charge in [0.05, 0.1) is 11.5 Å². The number of hydrogen-bond acceptors (Lipinski definition) is 5. The molecule has 6 nitrogen and oxygen atoms in total. The molecule has 0 saturated carbocycles. The van der Waals surface area contributed by atoms with Crippen LogP contribution in [0.5, 0.6) is 0 Å². The number of furan rings is 1. The highest BCUT2D eigenvalue weighted by Crippen LogP contribution is 2.28. The zero-order valence-corrected chi connectivity index (χ0v) is 17.6. The Kier molecular flexibility index (Phi) is 6.80. The maximum absolute atomic E-state index is 12.5. The minimum atomic E-state index is -0.331. The van der Waals surface area contributed by atoms with Gasteiger partial charge in [-0.05, 0) is 36.6 Å². The normalized spacial score (nSPS) is 12.3. The van der Waals surface area contributed by atoms with Crippen molar-refractivity contribution in [1.82, 2.24) is 20.1 Å². The van der Waals surface area contributed by atoms with Gasteiger partial charge in [0.1, 0.15) is 0 Å². The van der Waals surface area contributed by atoms with Gasteiger partial charge in [0.25, 0.3) is 0 Å². The Hall–Kier alpha value is -2.25. The molecular weight excluding hydrogens is 396 g/mol. The van der Waals surface area contributed by atoms with Gasteiger partial charge >= 0.3 is 0 Å². The first kappa shape index (κ1) is 20.5. The molecule has 0 spiro atoms. The van der Waals surface area contributed by atoms with Crippen LogP contribution in [-0.4, -0.2) is 25.9 Å². The van der Waals surface area contributed by atoms with Crippen LogP contribution in [0, 0.1) is 5.92 Å². The lowest BCUT2D eigenvalue weighted by atomic mass is 10.2. The van der Waals surface area contributed by atoms with Gasteiger partial charge in [0.15, 0.2) is 16.7 Å². The highest BCUT2D eigenvalue weighted by atomic mass is 35.5. The van der Waals surface area contributed by atoms with Crippen molar-refractivity contribution in [2.45, 2.75) is 44.3 Å². The summed E-state index contributed by atoms with van der Waals surface area (Å²) in [6.45, 7) is 7.23. The zero-order chi connectivity index (χ0) is 20.1. The Labute approximate surface area is 173 Å². The number of aromatic nitrogens is 3. The maximum atomic E-state index is 12.5. The number of nitrogens with zero attached hydrogens (tertiary/aromatic N) is 3. The van der Waals surface area contributed by atoms with Gasteiger partial charge in [-0.2, -0.15) is 0 Å². The van der Waals surface area contributed by atoms with Crippen LogP contribution in [0.2, 0.25) is 5.02 Å². The molecule has 0 aliphatic carbocycles. The van der Waals surface area contributed by atoms with E-state index in [0.717, 1.165) is 12.1 Å². The van der Waals surface area contributed by atoms with Gasteiger partial charge in [-0.3, -0.25) is 9.36 Å². The predicted molar refractivity (Wildman–Crippen MR) is 111 cm³/mol. The van der Waals surface area contributed by atoms with Crippen molar-refractivity contribution in [3.63, 3.8) is 0 Å². The van der Waals surface area contributed by atoms with Gasteiger partial charge in [-0.15, -0.1) is 10.2 Å². The van der Waals surface area contributed by atoms with Gasteiger partial charge in [-0.1, -0.05) is 55.4 Å². The van der Waals surface area contributed by atoms with Crippen LogP contribution in [0.15, 0.2) is 52.2 Å². The Bertz CT molecular complexity index is 924. The molecule has 2 aromatic heterocycles. The van der Waals surface area contributed by atoms with Crippen molar-refractivity contribution in [2.75, 3.05) is 0 Å². The molecule has 2 heterocycles. The first-order valence-electron chi connectivity index (χ1n) is 9.10. The van der Waals surface area contributed by atoms with Crippen LogP contribution in [0.25, 0.3) is 11.6 Å². The number of amides is 1. The summed E-state index contributed by atoms with van der Waals surface area (Å²) in [4.78, 5) is 12.5. The molecule has 0 aliphatic heterocycles. The molecule has 0 saturated heterocycles. The highest BCUT2D eigenvalue weighted by molar-refractivity contribution is 8.00. The smallest absolute Gasteiger partial charge is 0.233 e. The molecule has 1 unspecified atom stereocenters. The van der Waals surface area contributed by atoms with Crippen LogP contribution in [0.3, 0.4) is 0 Å². The van der Waals surface area contributed by atoms with Crippen molar-refractivity contribution >= 4 is 29.3 Å². The fourth-order valence-electron chi connectivity index (χ4n) is 2.67. The first-order chi connectivity index (χ1) is 13.5. The summed E-state index contributed by atoms with van der Waals surface area (Å²) in [5, 5.41) is 12.5. The minimum Gasteiger partial charge on any atom is -0.461 e. The lowest BCUT2D eigenvalue weighted by Crippen LogP contribution is -2.30.